The van der Waals surface area contributed by atoms with Gasteiger partial charge in [-0.1, -0.05) is 154 Å². The second kappa shape index (κ2) is 14.0. The maximum absolute atomic E-state index is 6.76. The highest BCUT2D eigenvalue weighted by Crippen LogP contribution is 2.50. The van der Waals surface area contributed by atoms with Gasteiger partial charge < -0.3 is 4.74 Å². The minimum absolute atomic E-state index is 0.00720. The number of imidazole rings is 1. The van der Waals surface area contributed by atoms with Crippen molar-refractivity contribution in [2.75, 3.05) is 0 Å². The fourth-order valence-corrected chi connectivity index (χ4v) is 10.3. The molecule has 9 aromatic rings. The first-order valence-corrected chi connectivity index (χ1v) is 22.0. The van der Waals surface area contributed by atoms with Gasteiger partial charge in [0.2, 0.25) is 0 Å². The molecular weight excluding hydrogens is 757 g/mol. The van der Waals surface area contributed by atoms with Gasteiger partial charge in [-0.15, -0.1) is 0 Å². The van der Waals surface area contributed by atoms with Crippen LogP contribution >= 0.6 is 0 Å². The van der Waals surface area contributed by atoms with Crippen LogP contribution in [0.25, 0.3) is 61.2 Å². The van der Waals surface area contributed by atoms with E-state index in [-0.39, 0.29) is 21.7 Å². The number of fused-ring (bicyclic) bond motifs is 5. The highest BCUT2D eigenvalue weighted by atomic mass is 16.5. The Morgan fingerprint density at radius 1 is 0.613 bits per heavy atom. The smallest absolute Gasteiger partial charge is 0.269 e. The summed E-state index contributed by atoms with van der Waals surface area (Å²) in [5.41, 5.74) is 14.4. The average molecular weight is 813 g/mol. The van der Waals surface area contributed by atoms with Crippen LogP contribution in [0.2, 0.25) is 0 Å². The standard InChI is InChI=1S/C57H56N4O/c1-54(2,3)38-29-30-58-52(32-38)61-48-22-12-11-19-43(48)44-27-26-41(34-51(44)61)62-40-18-15-17-39(33-40)59-36-60(50-24-14-13-23-49(50)59)53-42(20-16-21-46(53)55(4,5)6)37-25-28-45-47(31-37)57(9,10)35-56(45,7)8/h11-34H,35H2,1-10H3. The fourth-order valence-electron chi connectivity index (χ4n) is 10.3. The molecular formula is C57H56N4O. The summed E-state index contributed by atoms with van der Waals surface area (Å²) in [7, 11) is 0. The minimum atomic E-state index is -0.126. The summed E-state index contributed by atoms with van der Waals surface area (Å²) in [4.78, 5) is 4.88. The third kappa shape index (κ3) is 6.61. The predicted octanol–water partition coefficient (Wildman–Crippen LogP) is 14.2. The van der Waals surface area contributed by atoms with Crippen molar-refractivity contribution in [2.45, 2.75) is 97.3 Å². The Morgan fingerprint density at radius 2 is 1.32 bits per heavy atom. The van der Waals surface area contributed by atoms with Crippen molar-refractivity contribution >= 4 is 32.8 Å². The molecule has 5 nitrogen and oxygen atoms in total. The van der Waals surface area contributed by atoms with E-state index in [0.29, 0.717) is 0 Å². The molecule has 0 radical (unpaired) electrons. The number of pyridine rings is 1. The molecule has 0 unspecified atom stereocenters. The minimum Gasteiger partial charge on any atom is -0.458 e. The van der Waals surface area contributed by atoms with Gasteiger partial charge in [-0.05, 0) is 110 Å². The van der Waals surface area contributed by atoms with Gasteiger partial charge in [-0.2, -0.15) is 0 Å². The van der Waals surface area contributed by atoms with E-state index in [1.54, 1.807) is 0 Å². The van der Waals surface area contributed by atoms with E-state index in [2.05, 4.69) is 223 Å². The van der Waals surface area contributed by atoms with Gasteiger partial charge in [0.05, 0.1) is 33.4 Å². The predicted molar refractivity (Wildman–Crippen MR) is 256 cm³/mol. The molecule has 0 spiro atoms. The summed E-state index contributed by atoms with van der Waals surface area (Å²) < 4.78 is 13.5. The lowest BCUT2D eigenvalue weighted by molar-refractivity contribution is -0.572. The number of hydrogen-bond acceptors (Lipinski definition) is 2. The van der Waals surface area contributed by atoms with Crippen molar-refractivity contribution in [3.8, 4) is 39.8 Å². The zero-order chi connectivity index (χ0) is 43.3. The summed E-state index contributed by atoms with van der Waals surface area (Å²) in [6.07, 6.45) is 6.92. The molecule has 0 fully saturated rings. The van der Waals surface area contributed by atoms with Gasteiger partial charge in [0.15, 0.2) is 0 Å². The zero-order valence-electron chi connectivity index (χ0n) is 37.8. The van der Waals surface area contributed by atoms with Gasteiger partial charge in [0, 0.05) is 23.0 Å². The van der Waals surface area contributed by atoms with Crippen LogP contribution < -0.4 is 9.30 Å². The summed E-state index contributed by atoms with van der Waals surface area (Å²) in [6, 6.07) is 50.2. The van der Waals surface area contributed by atoms with Crippen LogP contribution in [0, 0.1) is 6.33 Å². The van der Waals surface area contributed by atoms with Crippen LogP contribution in [-0.4, -0.2) is 14.1 Å². The number of benzene rings is 6. The van der Waals surface area contributed by atoms with E-state index in [4.69, 9.17) is 9.72 Å². The SMILES string of the molecule is CC(C)(C)c1ccnc(-n2c3ccccc3c3ccc(Oc4cccc(-n5[c-][n+](-c6c(-c7ccc8c(c7)C(C)(C)CC8(C)C)cccc6C(C)(C)C)c6ccccc65)c4)cc32)c1. The molecule has 3 aromatic heterocycles. The first-order chi connectivity index (χ1) is 29.5. The van der Waals surface area contributed by atoms with Crippen molar-refractivity contribution in [3.63, 3.8) is 0 Å². The zero-order valence-corrected chi connectivity index (χ0v) is 37.8. The second-order valence-electron chi connectivity index (χ2n) is 20.7. The number of para-hydroxylation sites is 4. The molecule has 0 aliphatic heterocycles. The van der Waals surface area contributed by atoms with E-state index in [1.165, 1.54) is 38.8 Å². The van der Waals surface area contributed by atoms with Crippen LogP contribution in [-0.2, 0) is 21.7 Å². The fraction of sp³-hybridized carbons (Fsp3) is 0.263. The molecule has 0 atom stereocenters. The third-order valence-corrected chi connectivity index (χ3v) is 13.1. The van der Waals surface area contributed by atoms with Crippen LogP contribution in [0.15, 0.2) is 146 Å². The van der Waals surface area contributed by atoms with Crippen molar-refractivity contribution in [2.24, 2.45) is 0 Å². The Balaban J connectivity index is 1.08. The Kier molecular flexibility index (Phi) is 8.98. The van der Waals surface area contributed by atoms with Crippen LogP contribution in [0.5, 0.6) is 11.5 Å². The number of rotatable bonds is 6. The van der Waals surface area contributed by atoms with Crippen molar-refractivity contribution < 1.29 is 9.30 Å². The molecule has 0 saturated heterocycles. The normalized spacial score (nSPS) is 14.8. The van der Waals surface area contributed by atoms with Crippen molar-refractivity contribution in [3.05, 3.63) is 174 Å². The van der Waals surface area contributed by atoms with Gasteiger partial charge in [-0.3, -0.25) is 13.7 Å². The third-order valence-electron chi connectivity index (χ3n) is 13.1. The molecule has 310 valence electrons. The van der Waals surface area contributed by atoms with E-state index >= 15 is 0 Å². The molecule has 0 saturated carbocycles. The molecule has 1 aliphatic rings. The van der Waals surface area contributed by atoms with Gasteiger partial charge >= 0.3 is 0 Å². The molecule has 0 N–H and O–H groups in total. The maximum Gasteiger partial charge on any atom is 0.269 e. The lowest BCUT2D eigenvalue weighted by Gasteiger charge is -2.26. The molecule has 62 heavy (non-hydrogen) atoms. The first kappa shape index (κ1) is 39.7. The van der Waals surface area contributed by atoms with E-state index in [9.17, 15) is 0 Å². The molecule has 6 aromatic carbocycles. The number of ether oxygens (including phenoxy) is 1. The number of aromatic nitrogens is 4. The van der Waals surface area contributed by atoms with E-state index in [1.807, 2.05) is 12.3 Å². The van der Waals surface area contributed by atoms with Gasteiger partial charge in [0.25, 0.3) is 6.33 Å². The van der Waals surface area contributed by atoms with Crippen LogP contribution in [0.1, 0.15) is 97.9 Å². The summed E-state index contributed by atoms with van der Waals surface area (Å²) in [5, 5.41) is 2.34. The first-order valence-electron chi connectivity index (χ1n) is 22.0. The monoisotopic (exact) mass is 812 g/mol. The molecule has 1 aliphatic carbocycles. The molecule has 10 rings (SSSR count). The largest absolute Gasteiger partial charge is 0.458 e. The molecule has 5 heteroatoms. The number of hydrogen-bond donors (Lipinski definition) is 0. The Bertz CT molecular complexity index is 3220. The summed E-state index contributed by atoms with van der Waals surface area (Å²) in [6.45, 7) is 23.2. The molecule has 0 amide bonds. The maximum atomic E-state index is 6.76. The molecule has 0 bridgehead atoms. The van der Waals surface area contributed by atoms with Crippen LogP contribution in [0.4, 0.5) is 0 Å². The second-order valence-corrected chi connectivity index (χ2v) is 20.7. The molecule has 3 heterocycles. The Hall–Kier alpha value is -6.46. The van der Waals surface area contributed by atoms with E-state index < -0.39 is 0 Å². The van der Waals surface area contributed by atoms with E-state index in [0.717, 1.165) is 62.6 Å². The van der Waals surface area contributed by atoms with Crippen molar-refractivity contribution in [1.82, 2.24) is 14.1 Å². The quantitative estimate of drug-likeness (QED) is 0.124. The summed E-state index contributed by atoms with van der Waals surface area (Å²) >= 11 is 0. The lowest BCUT2D eigenvalue weighted by atomic mass is 9.81. The number of nitrogens with zero attached hydrogens (tertiary/aromatic N) is 4. The summed E-state index contributed by atoms with van der Waals surface area (Å²) in [5.74, 6) is 2.40. The lowest BCUT2D eigenvalue weighted by Crippen LogP contribution is -2.34. The highest BCUT2D eigenvalue weighted by molar-refractivity contribution is 6.09. The van der Waals surface area contributed by atoms with Gasteiger partial charge in [-0.25, -0.2) is 4.98 Å². The average Bonchev–Trinajstić information content (AvgIpc) is 3.84. The highest BCUT2D eigenvalue weighted by Gasteiger charge is 2.42. The van der Waals surface area contributed by atoms with Gasteiger partial charge in [0.1, 0.15) is 17.3 Å². The van der Waals surface area contributed by atoms with Crippen molar-refractivity contribution in [1.29, 1.82) is 0 Å². The topological polar surface area (TPSA) is 35.9 Å². The Labute approximate surface area is 366 Å². The van der Waals surface area contributed by atoms with Crippen LogP contribution in [0.3, 0.4) is 0 Å². The Morgan fingerprint density at radius 3 is 2.11 bits per heavy atom.